The number of carbonyl (C=O) groups is 2. The summed E-state index contributed by atoms with van der Waals surface area (Å²) in [6.07, 6.45) is 1.79. The molecular weight excluding hydrogens is 272 g/mol. The van der Waals surface area contributed by atoms with Crippen LogP contribution in [0.5, 0.6) is 0 Å². The summed E-state index contributed by atoms with van der Waals surface area (Å²) in [5.74, 6) is -1.45. The van der Waals surface area contributed by atoms with Crippen molar-refractivity contribution in [3.63, 3.8) is 0 Å². The van der Waals surface area contributed by atoms with Crippen molar-refractivity contribution in [1.29, 1.82) is 0 Å². The predicted molar refractivity (Wildman–Crippen MR) is 74.4 cm³/mol. The van der Waals surface area contributed by atoms with Gasteiger partial charge in [0.15, 0.2) is 12.1 Å². The number of para-hydroxylation sites is 1. The Hall–Kier alpha value is -2.63. The zero-order valence-corrected chi connectivity index (χ0v) is 11.4. The number of benzene rings is 1. The zero-order valence-electron chi connectivity index (χ0n) is 11.4. The fraction of sp³-hybridized carbons (Fsp3) is 0.267. The summed E-state index contributed by atoms with van der Waals surface area (Å²) in [6.45, 7) is 1.98. The highest BCUT2D eigenvalue weighted by Gasteiger charge is 2.37. The molecule has 1 unspecified atom stereocenters. The highest BCUT2D eigenvalue weighted by Crippen LogP contribution is 2.37. The molecule has 2 aromatic rings. The van der Waals surface area contributed by atoms with E-state index in [1.807, 2.05) is 6.92 Å². The van der Waals surface area contributed by atoms with Crippen molar-refractivity contribution in [1.82, 2.24) is 4.98 Å². The highest BCUT2D eigenvalue weighted by atomic mass is 16.4. The summed E-state index contributed by atoms with van der Waals surface area (Å²) in [5.41, 5.74) is 1.53. The van der Waals surface area contributed by atoms with Crippen molar-refractivity contribution in [2.75, 3.05) is 11.4 Å². The van der Waals surface area contributed by atoms with Gasteiger partial charge in [0.1, 0.15) is 11.7 Å². The monoisotopic (exact) mass is 286 g/mol. The minimum Gasteiger partial charge on any atom is -0.481 e. The van der Waals surface area contributed by atoms with Crippen LogP contribution in [0.1, 0.15) is 34.7 Å². The van der Waals surface area contributed by atoms with Crippen molar-refractivity contribution in [2.45, 2.75) is 19.3 Å². The van der Waals surface area contributed by atoms with E-state index in [0.29, 0.717) is 23.4 Å². The summed E-state index contributed by atoms with van der Waals surface area (Å²) in [6, 6.07) is 7.05. The molecule has 1 amide bonds. The number of anilines is 1. The standard InChI is InChI=1S/C15H14N2O4/c1-2-12-13(16-8-21-12)14(18)17-7-10(15(19)20)9-5-3-4-6-11(9)17/h3-6,8,10H,2,7H2,1H3,(H,19,20). The number of oxazole rings is 1. The number of fused-ring (bicyclic) bond motifs is 1. The lowest BCUT2D eigenvalue weighted by molar-refractivity contribution is -0.138. The van der Waals surface area contributed by atoms with Crippen molar-refractivity contribution in [3.8, 4) is 0 Å². The molecule has 0 spiro atoms. The number of hydrogen-bond donors (Lipinski definition) is 1. The van der Waals surface area contributed by atoms with Crippen LogP contribution in [0.4, 0.5) is 5.69 Å². The maximum absolute atomic E-state index is 12.6. The molecule has 21 heavy (non-hydrogen) atoms. The van der Waals surface area contributed by atoms with E-state index < -0.39 is 11.9 Å². The van der Waals surface area contributed by atoms with Crippen molar-refractivity contribution >= 4 is 17.6 Å². The fourth-order valence-electron chi connectivity index (χ4n) is 2.63. The first kappa shape index (κ1) is 13.4. The Kier molecular flexibility index (Phi) is 3.21. The Labute approximate surface area is 121 Å². The number of nitrogens with zero attached hydrogens (tertiary/aromatic N) is 2. The molecule has 0 radical (unpaired) electrons. The number of rotatable bonds is 3. The second kappa shape index (κ2) is 5.05. The maximum Gasteiger partial charge on any atom is 0.312 e. The van der Waals surface area contributed by atoms with Gasteiger partial charge in [-0.3, -0.25) is 9.59 Å². The van der Waals surface area contributed by atoms with Crippen LogP contribution in [0.2, 0.25) is 0 Å². The lowest BCUT2D eigenvalue weighted by Crippen LogP contribution is -2.32. The second-order valence-electron chi connectivity index (χ2n) is 4.84. The molecule has 1 aromatic heterocycles. The summed E-state index contributed by atoms with van der Waals surface area (Å²) < 4.78 is 5.18. The first-order valence-corrected chi connectivity index (χ1v) is 6.69. The number of aromatic nitrogens is 1. The van der Waals surface area contributed by atoms with E-state index in [0.717, 1.165) is 0 Å². The molecule has 0 aliphatic carbocycles. The van der Waals surface area contributed by atoms with E-state index in [9.17, 15) is 14.7 Å². The third-order valence-electron chi connectivity index (χ3n) is 3.68. The summed E-state index contributed by atoms with van der Waals surface area (Å²) in [4.78, 5) is 29.4. The Morgan fingerprint density at radius 3 is 2.90 bits per heavy atom. The summed E-state index contributed by atoms with van der Waals surface area (Å²) in [5, 5.41) is 9.32. The van der Waals surface area contributed by atoms with E-state index in [1.165, 1.54) is 11.3 Å². The maximum atomic E-state index is 12.6. The molecule has 3 rings (SSSR count). The Morgan fingerprint density at radius 1 is 1.43 bits per heavy atom. The van der Waals surface area contributed by atoms with Crippen LogP contribution in [-0.4, -0.2) is 28.5 Å². The minimum absolute atomic E-state index is 0.115. The molecule has 0 saturated carbocycles. The molecule has 2 heterocycles. The highest BCUT2D eigenvalue weighted by molar-refractivity contribution is 6.08. The summed E-state index contributed by atoms with van der Waals surface area (Å²) >= 11 is 0. The summed E-state index contributed by atoms with van der Waals surface area (Å²) in [7, 11) is 0. The number of hydrogen-bond acceptors (Lipinski definition) is 4. The van der Waals surface area contributed by atoms with Crippen LogP contribution in [-0.2, 0) is 11.2 Å². The molecule has 1 aliphatic heterocycles. The Balaban J connectivity index is 2.01. The normalized spacial score (nSPS) is 16.8. The molecule has 0 bridgehead atoms. The molecule has 1 atom stereocenters. The SMILES string of the molecule is CCc1ocnc1C(=O)N1CC(C(=O)O)c2ccccc21. The second-order valence-corrected chi connectivity index (χ2v) is 4.84. The first-order chi connectivity index (χ1) is 10.1. The molecule has 0 fully saturated rings. The number of aliphatic carboxylic acids is 1. The number of carboxylic acids is 1. The van der Waals surface area contributed by atoms with Gasteiger partial charge in [0.2, 0.25) is 0 Å². The van der Waals surface area contributed by atoms with E-state index >= 15 is 0 Å². The van der Waals surface area contributed by atoms with Gasteiger partial charge in [-0.05, 0) is 11.6 Å². The lowest BCUT2D eigenvalue weighted by atomic mass is 10.0. The molecule has 6 heteroatoms. The van der Waals surface area contributed by atoms with Crippen LogP contribution in [0, 0.1) is 0 Å². The van der Waals surface area contributed by atoms with E-state index in [1.54, 1.807) is 24.3 Å². The van der Waals surface area contributed by atoms with Gasteiger partial charge in [-0.15, -0.1) is 0 Å². The van der Waals surface area contributed by atoms with Crippen molar-refractivity contribution < 1.29 is 19.1 Å². The molecule has 108 valence electrons. The van der Waals surface area contributed by atoms with Crippen molar-refractivity contribution in [3.05, 3.63) is 47.7 Å². The molecule has 1 aromatic carbocycles. The molecule has 6 nitrogen and oxygen atoms in total. The van der Waals surface area contributed by atoms with Gasteiger partial charge in [0, 0.05) is 18.7 Å². The molecule has 1 aliphatic rings. The van der Waals surface area contributed by atoms with Crippen LogP contribution >= 0.6 is 0 Å². The lowest BCUT2D eigenvalue weighted by Gasteiger charge is -2.16. The van der Waals surface area contributed by atoms with Gasteiger partial charge in [-0.25, -0.2) is 4.98 Å². The molecule has 0 saturated heterocycles. The number of carboxylic acid groups (broad SMARTS) is 1. The average molecular weight is 286 g/mol. The molecular formula is C15H14N2O4. The third-order valence-corrected chi connectivity index (χ3v) is 3.68. The van der Waals surface area contributed by atoms with Gasteiger partial charge < -0.3 is 14.4 Å². The topological polar surface area (TPSA) is 83.6 Å². The van der Waals surface area contributed by atoms with E-state index in [2.05, 4.69) is 4.98 Å². The van der Waals surface area contributed by atoms with Crippen LogP contribution in [0.15, 0.2) is 35.1 Å². The minimum atomic E-state index is -0.936. The quantitative estimate of drug-likeness (QED) is 0.933. The predicted octanol–water partition coefficient (Wildman–Crippen LogP) is 2.07. The van der Waals surface area contributed by atoms with Crippen LogP contribution in [0.3, 0.4) is 0 Å². The number of aryl methyl sites for hydroxylation is 1. The molecule has 1 N–H and O–H groups in total. The zero-order chi connectivity index (χ0) is 15.0. The Bertz CT molecular complexity index is 707. The van der Waals surface area contributed by atoms with Crippen molar-refractivity contribution in [2.24, 2.45) is 0 Å². The Morgan fingerprint density at radius 2 is 2.19 bits per heavy atom. The van der Waals surface area contributed by atoms with Gasteiger partial charge >= 0.3 is 5.97 Å². The smallest absolute Gasteiger partial charge is 0.312 e. The third kappa shape index (κ3) is 2.08. The average Bonchev–Trinajstić information content (AvgIpc) is 3.11. The van der Waals surface area contributed by atoms with Gasteiger partial charge in [0.25, 0.3) is 5.91 Å². The van der Waals surface area contributed by atoms with Gasteiger partial charge in [-0.1, -0.05) is 25.1 Å². The first-order valence-electron chi connectivity index (χ1n) is 6.69. The van der Waals surface area contributed by atoms with Gasteiger partial charge in [-0.2, -0.15) is 0 Å². The van der Waals surface area contributed by atoms with Crippen LogP contribution < -0.4 is 4.90 Å². The largest absolute Gasteiger partial charge is 0.481 e. The van der Waals surface area contributed by atoms with E-state index in [-0.39, 0.29) is 18.1 Å². The fourth-order valence-corrected chi connectivity index (χ4v) is 2.63. The number of amides is 1. The van der Waals surface area contributed by atoms with Crippen LogP contribution in [0.25, 0.3) is 0 Å². The van der Waals surface area contributed by atoms with E-state index in [4.69, 9.17) is 4.42 Å². The number of carbonyl (C=O) groups excluding carboxylic acids is 1. The van der Waals surface area contributed by atoms with Gasteiger partial charge in [0.05, 0.1) is 0 Å².